The zero-order valence-electron chi connectivity index (χ0n) is 65.2. The van der Waals surface area contributed by atoms with Crippen LogP contribution in [-0.2, 0) is 33.3 Å². The minimum atomic E-state index is -1.63. The number of quaternary nitrogens is 1. The van der Waals surface area contributed by atoms with Gasteiger partial charge in [0.1, 0.15) is 13.2 Å². The number of allylic oxidation sites excluding steroid dienone is 32. The van der Waals surface area contributed by atoms with Crippen molar-refractivity contribution in [3.05, 3.63) is 194 Å². The van der Waals surface area contributed by atoms with Crippen molar-refractivity contribution in [1.82, 2.24) is 0 Å². The first-order chi connectivity index (χ1) is 49.6. The molecule has 101 heavy (non-hydrogen) atoms. The summed E-state index contributed by atoms with van der Waals surface area (Å²) >= 11 is 0. The predicted molar refractivity (Wildman–Crippen MR) is 434 cm³/mol. The zero-order valence-corrected chi connectivity index (χ0v) is 65.2. The number of carboxylic acids is 1. The molecule has 0 saturated carbocycles. The maximum absolute atomic E-state index is 13.0. The Balaban J connectivity index is 4.09. The lowest BCUT2D eigenvalue weighted by Gasteiger charge is -2.26. The summed E-state index contributed by atoms with van der Waals surface area (Å²) in [5, 5.41) is 11.9. The smallest absolute Gasteiger partial charge is 0.306 e. The second-order valence-electron chi connectivity index (χ2n) is 27.6. The average molecular weight is 1400 g/mol. The van der Waals surface area contributed by atoms with Gasteiger partial charge in [-0.25, -0.2) is 0 Å². The molecule has 9 nitrogen and oxygen atoms in total. The molecule has 0 N–H and O–H groups in total. The van der Waals surface area contributed by atoms with E-state index in [0.717, 1.165) is 154 Å². The molecule has 0 fully saturated rings. The standard InChI is InChI=1S/C92H149NO8/c1-6-8-10-12-14-16-18-20-22-24-26-28-30-32-34-36-38-40-42-43-44-45-46-47-49-51-53-55-57-59-61-63-65-67-69-71-73-75-77-79-81-83-90(95)101-88(87-100-92(91(96)97)98-85-84-93(3,4)5)86-99-89(94)82-80-78-76-74-72-70-68-66-64-62-60-58-56-54-52-50-48-41-39-37-35-33-31-29-27-25-23-21-19-17-15-13-11-9-7-2/h8-11,14-17,20-23,26-29,32-35,38-41,43-44,46-47,50,52,56,58,88,92H,6-7,12-13,18-19,24-25,30-31,36-37,42,45,48-49,51,53-55,57,59-87H2,1-5H3/b10-8-,11-9-,16-14-,17-15-,22-20-,23-21-,28-26-,29-27-,34-32-,35-33-,40-38-,41-39-,44-43-,47-46-,52-50-,58-56-. The molecule has 570 valence electrons. The molecule has 0 aliphatic heterocycles. The normalized spacial score (nSPS) is 13.7. The molecular weight excluding hydrogens is 1250 g/mol. The topological polar surface area (TPSA) is 111 Å². The number of nitrogens with zero attached hydrogens (tertiary/aromatic N) is 1. The van der Waals surface area contributed by atoms with Crippen molar-refractivity contribution >= 4 is 17.9 Å². The maximum atomic E-state index is 13.0. The van der Waals surface area contributed by atoms with Crippen molar-refractivity contribution in [1.29, 1.82) is 0 Å². The van der Waals surface area contributed by atoms with Crippen molar-refractivity contribution in [2.45, 2.75) is 322 Å². The molecule has 0 heterocycles. The third-order valence-corrected chi connectivity index (χ3v) is 16.8. The summed E-state index contributed by atoms with van der Waals surface area (Å²) < 4.78 is 22.9. The van der Waals surface area contributed by atoms with Crippen LogP contribution in [0.15, 0.2) is 194 Å². The fraction of sp³-hybridized carbons (Fsp3) is 0.620. The van der Waals surface area contributed by atoms with Crippen LogP contribution in [0.4, 0.5) is 0 Å². The number of carbonyl (C=O) groups excluding carboxylic acids is 3. The third-order valence-electron chi connectivity index (χ3n) is 16.8. The lowest BCUT2D eigenvalue weighted by atomic mass is 10.0. The lowest BCUT2D eigenvalue weighted by Crippen LogP contribution is -2.44. The Morgan fingerprint density at radius 2 is 0.535 bits per heavy atom. The molecule has 0 aromatic heterocycles. The SMILES string of the molecule is CC/C=C\C/C=C\C/C=C\C/C=C\C/C=C\C/C=C\C/C=C\C/C=C\CCCCCCCCCCCCCCCCCCC(=O)OC(COC(=O)CCCCCCCCCCCC/C=C\C/C=C\C/C=C\C/C=C\C/C=C\C/C=C\C/C=C\C/C=C\CC)COC(OCC[N+](C)(C)C)C(=O)[O-]. The Hall–Kier alpha value is -5.87. The van der Waals surface area contributed by atoms with Gasteiger partial charge in [-0.2, -0.15) is 0 Å². The van der Waals surface area contributed by atoms with Gasteiger partial charge in [0.15, 0.2) is 12.4 Å². The van der Waals surface area contributed by atoms with Gasteiger partial charge in [-0.15, -0.1) is 0 Å². The second kappa shape index (κ2) is 79.8. The highest BCUT2D eigenvalue weighted by Gasteiger charge is 2.22. The largest absolute Gasteiger partial charge is 0.545 e. The van der Waals surface area contributed by atoms with Crippen LogP contribution in [0.2, 0.25) is 0 Å². The molecule has 2 unspecified atom stereocenters. The highest BCUT2D eigenvalue weighted by atomic mass is 16.7. The first-order valence-electron chi connectivity index (χ1n) is 40.6. The molecule has 0 rings (SSSR count). The Labute approximate surface area is 621 Å². The van der Waals surface area contributed by atoms with Crippen molar-refractivity contribution in [2.24, 2.45) is 0 Å². The Morgan fingerprint density at radius 1 is 0.297 bits per heavy atom. The molecule has 9 heteroatoms. The van der Waals surface area contributed by atoms with Crippen LogP contribution >= 0.6 is 0 Å². The molecule has 0 radical (unpaired) electrons. The predicted octanol–water partition coefficient (Wildman–Crippen LogP) is 25.1. The number of carbonyl (C=O) groups is 3. The monoisotopic (exact) mass is 1400 g/mol. The zero-order chi connectivity index (χ0) is 73.2. The third kappa shape index (κ3) is 81.3. The van der Waals surface area contributed by atoms with E-state index in [9.17, 15) is 19.5 Å². The van der Waals surface area contributed by atoms with Crippen LogP contribution in [0.3, 0.4) is 0 Å². The van der Waals surface area contributed by atoms with Crippen LogP contribution in [0.5, 0.6) is 0 Å². The maximum Gasteiger partial charge on any atom is 0.306 e. The average Bonchev–Trinajstić information content (AvgIpc) is 1.21. The quantitative estimate of drug-likeness (QED) is 0.0195. The molecule has 0 aromatic rings. The van der Waals surface area contributed by atoms with Crippen molar-refractivity contribution < 1.29 is 42.9 Å². The molecule has 0 aliphatic carbocycles. The summed E-state index contributed by atoms with van der Waals surface area (Å²) in [6.07, 6.45) is 120. The van der Waals surface area contributed by atoms with E-state index in [-0.39, 0.29) is 38.6 Å². The van der Waals surface area contributed by atoms with E-state index >= 15 is 0 Å². The molecular formula is C92H149NO8. The van der Waals surface area contributed by atoms with E-state index in [1.165, 1.54) is 122 Å². The summed E-state index contributed by atoms with van der Waals surface area (Å²) in [6, 6.07) is 0. The fourth-order valence-electron chi connectivity index (χ4n) is 10.7. The molecule has 0 aliphatic rings. The number of carboxylic acid groups (broad SMARTS) is 1. The minimum Gasteiger partial charge on any atom is -0.545 e. The Bertz CT molecular complexity index is 2380. The number of likely N-dealkylation sites (N-methyl/N-ethyl adjacent to an activating group) is 1. The number of rotatable bonds is 73. The summed E-state index contributed by atoms with van der Waals surface area (Å²) in [7, 11) is 5.93. The minimum absolute atomic E-state index is 0.139. The number of hydrogen-bond acceptors (Lipinski definition) is 8. The number of ether oxygens (including phenoxy) is 4. The molecule has 0 amide bonds. The van der Waals surface area contributed by atoms with Crippen LogP contribution in [0, 0.1) is 0 Å². The van der Waals surface area contributed by atoms with Crippen molar-refractivity contribution in [2.75, 3.05) is 47.5 Å². The van der Waals surface area contributed by atoms with E-state index in [1.807, 2.05) is 21.1 Å². The molecule has 0 bridgehead atoms. The Morgan fingerprint density at radius 3 is 0.792 bits per heavy atom. The van der Waals surface area contributed by atoms with Crippen LogP contribution in [0.25, 0.3) is 0 Å². The first kappa shape index (κ1) is 95.1. The van der Waals surface area contributed by atoms with Gasteiger partial charge in [0.2, 0.25) is 0 Å². The summed E-state index contributed by atoms with van der Waals surface area (Å²) in [4.78, 5) is 37.6. The first-order valence-corrected chi connectivity index (χ1v) is 40.6. The number of hydrogen-bond donors (Lipinski definition) is 0. The van der Waals surface area contributed by atoms with Gasteiger partial charge >= 0.3 is 11.9 Å². The van der Waals surface area contributed by atoms with E-state index in [1.54, 1.807) is 0 Å². The van der Waals surface area contributed by atoms with Crippen molar-refractivity contribution in [3.63, 3.8) is 0 Å². The van der Waals surface area contributed by atoms with Crippen LogP contribution in [0.1, 0.15) is 309 Å². The highest BCUT2D eigenvalue weighted by Crippen LogP contribution is 2.17. The van der Waals surface area contributed by atoms with E-state index < -0.39 is 24.3 Å². The summed E-state index contributed by atoms with van der Waals surface area (Å²) in [5.41, 5.74) is 0. The van der Waals surface area contributed by atoms with Gasteiger partial charge in [-0.05, 0) is 141 Å². The van der Waals surface area contributed by atoms with E-state index in [0.29, 0.717) is 17.4 Å². The van der Waals surface area contributed by atoms with Gasteiger partial charge < -0.3 is 33.3 Å². The number of unbranched alkanes of at least 4 members (excludes halogenated alkanes) is 26. The number of aliphatic carboxylic acids is 1. The van der Waals surface area contributed by atoms with Gasteiger partial charge in [-0.1, -0.05) is 350 Å². The number of esters is 2. The van der Waals surface area contributed by atoms with Gasteiger partial charge in [0, 0.05) is 12.8 Å². The van der Waals surface area contributed by atoms with Gasteiger partial charge in [-0.3, -0.25) is 9.59 Å². The van der Waals surface area contributed by atoms with Crippen LogP contribution < -0.4 is 5.11 Å². The summed E-state index contributed by atoms with van der Waals surface area (Å²) in [5.74, 6) is -2.29. The fourth-order valence-corrected chi connectivity index (χ4v) is 10.7. The van der Waals surface area contributed by atoms with Crippen LogP contribution in [-0.4, -0.2) is 82.3 Å². The second-order valence-corrected chi connectivity index (χ2v) is 27.6. The molecule has 0 spiro atoms. The van der Waals surface area contributed by atoms with Gasteiger partial charge in [0.25, 0.3) is 0 Å². The van der Waals surface area contributed by atoms with Crippen molar-refractivity contribution in [3.8, 4) is 0 Å². The summed E-state index contributed by atoms with van der Waals surface area (Å²) in [6.45, 7) is 4.52. The van der Waals surface area contributed by atoms with Gasteiger partial charge in [0.05, 0.1) is 40.3 Å². The van der Waals surface area contributed by atoms with E-state index in [4.69, 9.17) is 18.9 Å². The molecule has 2 atom stereocenters. The highest BCUT2D eigenvalue weighted by molar-refractivity contribution is 5.70. The lowest BCUT2D eigenvalue weighted by molar-refractivity contribution is -0.870. The molecule has 0 aromatic carbocycles. The molecule has 0 saturated heterocycles. The Kier molecular flexibility index (Phi) is 75.2. The van der Waals surface area contributed by atoms with E-state index in [2.05, 4.69) is 208 Å².